The molecular formula is C11H16N2O2. The third-order valence-corrected chi connectivity index (χ3v) is 2.87. The quantitative estimate of drug-likeness (QED) is 0.812. The van der Waals surface area contributed by atoms with E-state index < -0.39 is 0 Å². The van der Waals surface area contributed by atoms with E-state index in [0.717, 1.165) is 25.8 Å². The summed E-state index contributed by atoms with van der Waals surface area (Å²) in [5, 5.41) is 0. The van der Waals surface area contributed by atoms with Gasteiger partial charge >= 0.3 is 0 Å². The minimum atomic E-state index is -0.00375. The molecule has 4 heteroatoms. The van der Waals surface area contributed by atoms with Crippen LogP contribution in [-0.2, 0) is 0 Å². The number of nitrogens with two attached hydrogens (primary N) is 1. The van der Waals surface area contributed by atoms with Gasteiger partial charge in [0.05, 0.1) is 6.26 Å². The van der Waals surface area contributed by atoms with Crippen LogP contribution in [0.4, 0.5) is 0 Å². The normalized spacial score (nSPS) is 20.9. The van der Waals surface area contributed by atoms with Crippen molar-refractivity contribution < 1.29 is 9.21 Å². The molecule has 4 nitrogen and oxygen atoms in total. The molecule has 15 heavy (non-hydrogen) atoms. The van der Waals surface area contributed by atoms with Crippen LogP contribution in [0.5, 0.6) is 0 Å². The lowest BCUT2D eigenvalue weighted by Gasteiger charge is -2.23. The summed E-state index contributed by atoms with van der Waals surface area (Å²) in [5.41, 5.74) is 5.53. The fraction of sp³-hybridized carbons (Fsp3) is 0.545. The number of likely N-dealkylation sites (tertiary alicyclic amines) is 1. The number of furan rings is 1. The van der Waals surface area contributed by atoms with Gasteiger partial charge in [-0.25, -0.2) is 0 Å². The smallest absolute Gasteiger partial charge is 0.289 e. The Morgan fingerprint density at radius 1 is 1.67 bits per heavy atom. The SMILES string of the molecule is NCCC1CCCN1C(=O)c1ccco1. The van der Waals surface area contributed by atoms with Crippen LogP contribution in [0.1, 0.15) is 29.8 Å². The molecule has 1 unspecified atom stereocenters. The van der Waals surface area contributed by atoms with E-state index in [-0.39, 0.29) is 5.91 Å². The first kappa shape index (κ1) is 10.2. The van der Waals surface area contributed by atoms with Crippen molar-refractivity contribution in [2.24, 2.45) is 5.73 Å². The van der Waals surface area contributed by atoms with Crippen molar-refractivity contribution in [2.45, 2.75) is 25.3 Å². The lowest BCUT2D eigenvalue weighted by atomic mass is 10.1. The Bertz CT molecular complexity index is 321. The highest BCUT2D eigenvalue weighted by molar-refractivity contribution is 5.91. The van der Waals surface area contributed by atoms with Crippen molar-refractivity contribution in [3.63, 3.8) is 0 Å². The van der Waals surface area contributed by atoms with E-state index in [2.05, 4.69) is 0 Å². The average molecular weight is 208 g/mol. The van der Waals surface area contributed by atoms with Crippen molar-refractivity contribution in [1.82, 2.24) is 4.90 Å². The summed E-state index contributed by atoms with van der Waals surface area (Å²) in [6.07, 6.45) is 4.54. The molecule has 82 valence electrons. The average Bonchev–Trinajstić information content (AvgIpc) is 2.87. The minimum absolute atomic E-state index is 0.00375. The van der Waals surface area contributed by atoms with Crippen LogP contribution in [0, 0.1) is 0 Å². The van der Waals surface area contributed by atoms with Crippen molar-refractivity contribution in [2.75, 3.05) is 13.1 Å². The number of hydrogen-bond acceptors (Lipinski definition) is 3. The number of rotatable bonds is 3. The molecule has 0 aromatic carbocycles. The van der Waals surface area contributed by atoms with Crippen LogP contribution in [0.25, 0.3) is 0 Å². The van der Waals surface area contributed by atoms with Crippen molar-refractivity contribution in [3.8, 4) is 0 Å². The molecule has 1 atom stereocenters. The predicted octanol–water partition coefficient (Wildman–Crippen LogP) is 1.23. The van der Waals surface area contributed by atoms with E-state index in [0.29, 0.717) is 18.3 Å². The second-order valence-electron chi connectivity index (χ2n) is 3.85. The van der Waals surface area contributed by atoms with Crippen LogP contribution in [-0.4, -0.2) is 29.9 Å². The minimum Gasteiger partial charge on any atom is -0.459 e. The summed E-state index contributed by atoms with van der Waals surface area (Å²) in [5.74, 6) is 0.426. The first-order valence-electron chi connectivity index (χ1n) is 5.37. The Kier molecular flexibility index (Phi) is 3.06. The molecule has 1 aromatic rings. The summed E-state index contributed by atoms with van der Waals surface area (Å²) < 4.78 is 5.11. The summed E-state index contributed by atoms with van der Waals surface area (Å²) in [7, 11) is 0. The maximum absolute atomic E-state index is 12.0. The second-order valence-corrected chi connectivity index (χ2v) is 3.85. The highest BCUT2D eigenvalue weighted by atomic mass is 16.3. The number of amides is 1. The zero-order chi connectivity index (χ0) is 10.7. The Morgan fingerprint density at radius 3 is 3.20 bits per heavy atom. The van der Waals surface area contributed by atoms with Gasteiger partial charge in [-0.2, -0.15) is 0 Å². The highest BCUT2D eigenvalue weighted by Crippen LogP contribution is 2.22. The molecule has 1 fully saturated rings. The van der Waals surface area contributed by atoms with Gasteiger partial charge in [-0.15, -0.1) is 0 Å². The molecule has 1 aliphatic heterocycles. The molecular weight excluding hydrogens is 192 g/mol. The van der Waals surface area contributed by atoms with Crippen molar-refractivity contribution in [3.05, 3.63) is 24.2 Å². The van der Waals surface area contributed by atoms with Gasteiger partial charge in [0.15, 0.2) is 5.76 Å². The topological polar surface area (TPSA) is 59.5 Å². The molecule has 1 aliphatic rings. The molecule has 1 amide bonds. The van der Waals surface area contributed by atoms with Crippen LogP contribution >= 0.6 is 0 Å². The van der Waals surface area contributed by atoms with E-state index >= 15 is 0 Å². The zero-order valence-electron chi connectivity index (χ0n) is 8.69. The first-order chi connectivity index (χ1) is 7.33. The number of nitrogens with zero attached hydrogens (tertiary/aromatic N) is 1. The number of carbonyl (C=O) groups is 1. The standard InChI is InChI=1S/C11H16N2O2/c12-6-5-9-3-1-7-13(9)11(14)10-4-2-8-15-10/h2,4,8-9H,1,3,5-7,12H2. The van der Waals surface area contributed by atoms with Crippen molar-refractivity contribution >= 4 is 5.91 Å². The van der Waals surface area contributed by atoms with E-state index in [1.54, 1.807) is 12.1 Å². The second kappa shape index (κ2) is 4.49. The highest BCUT2D eigenvalue weighted by Gasteiger charge is 2.29. The summed E-state index contributed by atoms with van der Waals surface area (Å²) in [6, 6.07) is 3.74. The maximum atomic E-state index is 12.0. The molecule has 0 bridgehead atoms. The van der Waals surface area contributed by atoms with E-state index in [1.807, 2.05) is 4.90 Å². The van der Waals surface area contributed by atoms with Gasteiger partial charge in [-0.3, -0.25) is 4.79 Å². The number of carbonyl (C=O) groups excluding carboxylic acids is 1. The molecule has 0 radical (unpaired) electrons. The summed E-state index contributed by atoms with van der Waals surface area (Å²) in [4.78, 5) is 13.9. The largest absolute Gasteiger partial charge is 0.459 e. The van der Waals surface area contributed by atoms with Crippen LogP contribution in [0.2, 0.25) is 0 Å². The van der Waals surface area contributed by atoms with Gasteiger partial charge in [-0.05, 0) is 37.9 Å². The van der Waals surface area contributed by atoms with Gasteiger partial charge in [0.1, 0.15) is 0 Å². The first-order valence-corrected chi connectivity index (χ1v) is 5.37. The molecule has 0 spiro atoms. The molecule has 2 rings (SSSR count). The molecule has 0 aliphatic carbocycles. The number of hydrogen-bond donors (Lipinski definition) is 1. The third-order valence-electron chi connectivity index (χ3n) is 2.87. The maximum Gasteiger partial charge on any atom is 0.289 e. The van der Waals surface area contributed by atoms with Crippen molar-refractivity contribution in [1.29, 1.82) is 0 Å². The molecule has 2 heterocycles. The molecule has 1 aromatic heterocycles. The Hall–Kier alpha value is -1.29. The predicted molar refractivity (Wildman–Crippen MR) is 56.4 cm³/mol. The Morgan fingerprint density at radius 2 is 2.53 bits per heavy atom. The van der Waals surface area contributed by atoms with Crippen LogP contribution < -0.4 is 5.73 Å². The fourth-order valence-electron chi connectivity index (χ4n) is 2.14. The zero-order valence-corrected chi connectivity index (χ0v) is 8.69. The van der Waals surface area contributed by atoms with Gasteiger partial charge in [0.2, 0.25) is 0 Å². The van der Waals surface area contributed by atoms with Gasteiger partial charge in [0, 0.05) is 12.6 Å². The summed E-state index contributed by atoms with van der Waals surface area (Å²) in [6.45, 7) is 1.46. The lowest BCUT2D eigenvalue weighted by molar-refractivity contribution is 0.0700. The third kappa shape index (κ3) is 2.04. The molecule has 1 saturated heterocycles. The Balaban J connectivity index is 2.06. The fourth-order valence-corrected chi connectivity index (χ4v) is 2.14. The Labute approximate surface area is 89.0 Å². The lowest BCUT2D eigenvalue weighted by Crippen LogP contribution is -2.36. The van der Waals surface area contributed by atoms with Gasteiger partial charge in [0.25, 0.3) is 5.91 Å². The van der Waals surface area contributed by atoms with Crippen LogP contribution in [0.15, 0.2) is 22.8 Å². The van der Waals surface area contributed by atoms with E-state index in [4.69, 9.17) is 10.2 Å². The van der Waals surface area contributed by atoms with Crippen LogP contribution in [0.3, 0.4) is 0 Å². The summed E-state index contributed by atoms with van der Waals surface area (Å²) >= 11 is 0. The molecule has 0 saturated carbocycles. The monoisotopic (exact) mass is 208 g/mol. The van der Waals surface area contributed by atoms with Gasteiger partial charge < -0.3 is 15.1 Å². The van der Waals surface area contributed by atoms with Gasteiger partial charge in [-0.1, -0.05) is 0 Å². The van der Waals surface area contributed by atoms with E-state index in [1.165, 1.54) is 6.26 Å². The van der Waals surface area contributed by atoms with E-state index in [9.17, 15) is 4.79 Å². The molecule has 2 N–H and O–H groups in total.